The molecule has 0 fully saturated rings. The van der Waals surface area contributed by atoms with Crippen LogP contribution in [0, 0.1) is 6.92 Å². The highest BCUT2D eigenvalue weighted by atomic mass is 16.6. The number of benzene rings is 2. The minimum atomic E-state index is 0.00798. The topological polar surface area (TPSA) is 47.5 Å². The first-order chi connectivity index (χ1) is 12.2. The van der Waals surface area contributed by atoms with Gasteiger partial charge in [0.15, 0.2) is 11.5 Å². The van der Waals surface area contributed by atoms with E-state index in [1.807, 2.05) is 55.5 Å². The first-order valence-corrected chi connectivity index (χ1v) is 8.48. The Bertz CT molecular complexity index is 897. The van der Waals surface area contributed by atoms with Crippen LogP contribution in [0.4, 0.5) is 0 Å². The summed E-state index contributed by atoms with van der Waals surface area (Å²) < 4.78 is 11.8. The number of hydrogen-bond acceptors (Lipinski definition) is 5. The Morgan fingerprint density at radius 1 is 1.00 bits per heavy atom. The number of rotatable bonds is 4. The minimum absolute atomic E-state index is 0.00798. The van der Waals surface area contributed by atoms with E-state index in [1.54, 1.807) is 0 Å². The van der Waals surface area contributed by atoms with Crippen molar-refractivity contribution in [1.29, 1.82) is 0 Å². The fourth-order valence-corrected chi connectivity index (χ4v) is 3.10. The Morgan fingerprint density at radius 3 is 2.48 bits per heavy atom. The average molecular weight is 335 g/mol. The first kappa shape index (κ1) is 15.8. The van der Waals surface area contributed by atoms with Gasteiger partial charge in [-0.15, -0.1) is 0 Å². The Hall–Kier alpha value is -2.66. The lowest BCUT2D eigenvalue weighted by Gasteiger charge is -2.29. The molecule has 0 saturated heterocycles. The molecule has 25 heavy (non-hydrogen) atoms. The molecular weight excluding hydrogens is 314 g/mol. The lowest BCUT2D eigenvalue weighted by atomic mass is 10.2. The zero-order valence-corrected chi connectivity index (χ0v) is 14.5. The molecule has 0 N–H and O–H groups in total. The van der Waals surface area contributed by atoms with Crippen molar-refractivity contribution < 1.29 is 9.47 Å². The molecule has 0 bridgehead atoms. The molecule has 2 aromatic carbocycles. The van der Waals surface area contributed by atoms with Crippen LogP contribution in [0.5, 0.6) is 11.5 Å². The second-order valence-corrected chi connectivity index (χ2v) is 6.44. The number of nitrogens with zero attached hydrogens (tertiary/aromatic N) is 3. The van der Waals surface area contributed by atoms with Gasteiger partial charge in [-0.05, 0) is 38.2 Å². The van der Waals surface area contributed by atoms with E-state index in [0.29, 0.717) is 6.61 Å². The molecule has 3 aromatic rings. The van der Waals surface area contributed by atoms with Gasteiger partial charge in [-0.1, -0.05) is 24.3 Å². The number of aromatic nitrogens is 2. The quantitative estimate of drug-likeness (QED) is 0.733. The SMILES string of the molecule is Cc1nc2ccccc2nc1CN(C)C[C@H]1COc2ccccc2O1. The Labute approximate surface area is 147 Å². The van der Waals surface area contributed by atoms with Crippen LogP contribution in [-0.4, -0.2) is 41.2 Å². The van der Waals surface area contributed by atoms with E-state index in [2.05, 4.69) is 16.9 Å². The highest BCUT2D eigenvalue weighted by Crippen LogP contribution is 2.31. The van der Waals surface area contributed by atoms with Crippen LogP contribution in [-0.2, 0) is 6.54 Å². The van der Waals surface area contributed by atoms with Gasteiger partial charge in [0.1, 0.15) is 12.7 Å². The van der Waals surface area contributed by atoms with Crippen molar-refractivity contribution in [3.63, 3.8) is 0 Å². The molecule has 1 aliphatic rings. The fraction of sp³-hybridized carbons (Fsp3) is 0.300. The van der Waals surface area contributed by atoms with Crippen molar-refractivity contribution in [1.82, 2.24) is 14.9 Å². The van der Waals surface area contributed by atoms with Crippen molar-refractivity contribution in [2.75, 3.05) is 20.2 Å². The largest absolute Gasteiger partial charge is 0.486 e. The molecule has 0 radical (unpaired) electrons. The van der Waals surface area contributed by atoms with Crippen molar-refractivity contribution in [3.05, 3.63) is 59.9 Å². The standard InChI is InChI=1S/C20H21N3O2/c1-14-18(22-17-8-4-3-7-16(17)21-14)12-23(2)11-15-13-24-19-9-5-6-10-20(19)25-15/h3-10,15H,11-13H2,1-2H3/t15-/m0/s1. The number of aryl methyl sites for hydroxylation is 1. The summed E-state index contributed by atoms with van der Waals surface area (Å²) in [6.45, 7) is 4.07. The summed E-state index contributed by atoms with van der Waals surface area (Å²) >= 11 is 0. The molecule has 5 nitrogen and oxygen atoms in total. The van der Waals surface area contributed by atoms with Crippen molar-refractivity contribution >= 4 is 11.0 Å². The van der Waals surface area contributed by atoms with Gasteiger partial charge in [-0.25, -0.2) is 9.97 Å². The van der Waals surface area contributed by atoms with Gasteiger partial charge in [0.2, 0.25) is 0 Å². The van der Waals surface area contributed by atoms with Crippen molar-refractivity contribution in [2.45, 2.75) is 19.6 Å². The zero-order valence-electron chi connectivity index (χ0n) is 14.5. The van der Waals surface area contributed by atoms with Crippen LogP contribution < -0.4 is 9.47 Å². The van der Waals surface area contributed by atoms with E-state index < -0.39 is 0 Å². The van der Waals surface area contributed by atoms with E-state index in [9.17, 15) is 0 Å². The van der Waals surface area contributed by atoms with Gasteiger partial charge < -0.3 is 9.47 Å². The Morgan fingerprint density at radius 2 is 1.68 bits per heavy atom. The molecule has 0 amide bonds. The molecule has 4 rings (SSSR count). The second kappa shape index (κ2) is 6.69. The average Bonchev–Trinajstić information content (AvgIpc) is 2.62. The van der Waals surface area contributed by atoms with E-state index in [0.717, 1.165) is 47.0 Å². The molecule has 0 saturated carbocycles. The summed E-state index contributed by atoms with van der Waals surface area (Å²) in [6.07, 6.45) is 0.00798. The summed E-state index contributed by atoms with van der Waals surface area (Å²) in [5, 5.41) is 0. The first-order valence-electron chi connectivity index (χ1n) is 8.48. The third kappa shape index (κ3) is 3.42. The van der Waals surface area contributed by atoms with Crippen LogP contribution in [0.3, 0.4) is 0 Å². The molecule has 0 aliphatic carbocycles. The van der Waals surface area contributed by atoms with Gasteiger partial charge in [-0.3, -0.25) is 4.90 Å². The van der Waals surface area contributed by atoms with Crippen LogP contribution in [0.15, 0.2) is 48.5 Å². The van der Waals surface area contributed by atoms with Gasteiger partial charge in [0, 0.05) is 13.1 Å². The van der Waals surface area contributed by atoms with Gasteiger partial charge in [0.25, 0.3) is 0 Å². The fourth-order valence-electron chi connectivity index (χ4n) is 3.10. The maximum Gasteiger partial charge on any atom is 0.161 e. The third-order valence-corrected chi connectivity index (χ3v) is 4.35. The number of likely N-dealkylation sites (N-methyl/N-ethyl adjacent to an activating group) is 1. The third-order valence-electron chi connectivity index (χ3n) is 4.35. The Balaban J connectivity index is 1.44. The van der Waals surface area contributed by atoms with Crippen molar-refractivity contribution in [3.8, 4) is 11.5 Å². The summed E-state index contributed by atoms with van der Waals surface area (Å²) in [4.78, 5) is 11.6. The molecule has 5 heteroatoms. The van der Waals surface area contributed by atoms with Crippen LogP contribution in [0.1, 0.15) is 11.4 Å². The van der Waals surface area contributed by atoms with Crippen molar-refractivity contribution in [2.24, 2.45) is 0 Å². The van der Waals surface area contributed by atoms with E-state index in [1.165, 1.54) is 0 Å². The van der Waals surface area contributed by atoms with E-state index >= 15 is 0 Å². The molecule has 128 valence electrons. The summed E-state index contributed by atoms with van der Waals surface area (Å²) in [5.41, 5.74) is 3.84. The monoisotopic (exact) mass is 335 g/mol. The number of ether oxygens (including phenoxy) is 2. The number of fused-ring (bicyclic) bond motifs is 2. The smallest absolute Gasteiger partial charge is 0.161 e. The molecule has 0 spiro atoms. The highest BCUT2D eigenvalue weighted by Gasteiger charge is 2.22. The highest BCUT2D eigenvalue weighted by molar-refractivity contribution is 5.74. The van der Waals surface area contributed by atoms with E-state index in [-0.39, 0.29) is 6.10 Å². The predicted molar refractivity (Wildman–Crippen MR) is 97.0 cm³/mol. The molecule has 0 unspecified atom stereocenters. The summed E-state index contributed by atoms with van der Waals surface area (Å²) in [6, 6.07) is 15.8. The lowest BCUT2D eigenvalue weighted by molar-refractivity contribution is 0.0635. The maximum atomic E-state index is 6.04. The Kier molecular flexibility index (Phi) is 4.24. The molecule has 1 aromatic heterocycles. The number of hydrogen-bond donors (Lipinski definition) is 0. The normalized spacial score (nSPS) is 16.4. The molecule has 1 atom stereocenters. The van der Waals surface area contributed by atoms with E-state index in [4.69, 9.17) is 14.5 Å². The van der Waals surface area contributed by atoms with Crippen LogP contribution in [0.2, 0.25) is 0 Å². The van der Waals surface area contributed by atoms with Gasteiger partial charge in [0.05, 0.1) is 22.4 Å². The van der Waals surface area contributed by atoms with Crippen LogP contribution in [0.25, 0.3) is 11.0 Å². The summed E-state index contributed by atoms with van der Waals surface area (Å²) in [7, 11) is 2.07. The minimum Gasteiger partial charge on any atom is -0.486 e. The van der Waals surface area contributed by atoms with Gasteiger partial charge >= 0.3 is 0 Å². The predicted octanol–water partition coefficient (Wildman–Crippen LogP) is 3.21. The molecule has 1 aliphatic heterocycles. The van der Waals surface area contributed by atoms with Crippen LogP contribution >= 0.6 is 0 Å². The molecule has 2 heterocycles. The maximum absolute atomic E-state index is 6.04. The zero-order chi connectivity index (χ0) is 17.2. The lowest BCUT2D eigenvalue weighted by Crippen LogP contribution is -2.39. The number of para-hydroxylation sites is 4. The summed E-state index contributed by atoms with van der Waals surface area (Å²) in [5.74, 6) is 1.63. The molecular formula is C20H21N3O2. The van der Waals surface area contributed by atoms with Gasteiger partial charge in [-0.2, -0.15) is 0 Å². The second-order valence-electron chi connectivity index (χ2n) is 6.44.